The number of nitrogens with one attached hydrogen (secondary N) is 1. The fourth-order valence-corrected chi connectivity index (χ4v) is 4.00. The van der Waals surface area contributed by atoms with Crippen LogP contribution < -0.4 is 5.32 Å². The molecule has 1 atom stereocenters. The Hall–Kier alpha value is -1.39. The zero-order valence-corrected chi connectivity index (χ0v) is 13.8. The molecule has 1 aromatic rings. The first-order valence-corrected chi connectivity index (χ1v) is 8.89. The summed E-state index contributed by atoms with van der Waals surface area (Å²) in [5, 5.41) is 13.0. The molecular weight excluding hydrogens is 288 g/mol. The fraction of sp³-hybridized carbons (Fsp3) is 0.632. The summed E-state index contributed by atoms with van der Waals surface area (Å²) in [4.78, 5) is 14.6. The average Bonchev–Trinajstić information content (AvgIpc) is 2.81. The molecule has 126 valence electrons. The van der Waals surface area contributed by atoms with Crippen molar-refractivity contribution >= 4 is 5.91 Å². The van der Waals surface area contributed by atoms with Gasteiger partial charge in [0.05, 0.1) is 6.04 Å². The van der Waals surface area contributed by atoms with Crippen LogP contribution in [0.1, 0.15) is 37.7 Å². The van der Waals surface area contributed by atoms with Crippen molar-refractivity contribution in [1.82, 2.24) is 10.2 Å². The van der Waals surface area contributed by atoms with E-state index in [-0.39, 0.29) is 24.0 Å². The number of aliphatic hydroxyl groups is 1. The van der Waals surface area contributed by atoms with E-state index in [0.29, 0.717) is 0 Å². The lowest BCUT2D eigenvalue weighted by molar-refractivity contribution is -0.127. The summed E-state index contributed by atoms with van der Waals surface area (Å²) in [6.07, 6.45) is 6.02. The maximum atomic E-state index is 12.2. The van der Waals surface area contributed by atoms with Crippen LogP contribution in [0.5, 0.6) is 0 Å². The number of hydrogen-bond acceptors (Lipinski definition) is 3. The average molecular weight is 316 g/mol. The Bertz CT molecular complexity index is 509. The highest BCUT2D eigenvalue weighted by Gasteiger charge is 2.37. The number of hydrogen-bond donors (Lipinski definition) is 2. The summed E-state index contributed by atoms with van der Waals surface area (Å²) in [5.41, 5.74) is 1.27. The van der Waals surface area contributed by atoms with Gasteiger partial charge >= 0.3 is 0 Å². The molecule has 2 heterocycles. The lowest BCUT2D eigenvalue weighted by Crippen LogP contribution is -2.52. The summed E-state index contributed by atoms with van der Waals surface area (Å²) < 4.78 is 0. The Morgan fingerprint density at radius 3 is 2.61 bits per heavy atom. The molecule has 2 N–H and O–H groups in total. The summed E-state index contributed by atoms with van der Waals surface area (Å²) >= 11 is 0. The number of nitrogens with zero attached hydrogens (tertiary/aromatic N) is 1. The third-order valence-corrected chi connectivity index (χ3v) is 5.56. The standard InChI is InChI=1S/C19H28N2O2/c22-15-19(14-16-6-2-1-3-7-16)9-12-21(13-10-19)17-8-4-5-11-20-18(17)23/h1-3,6-7,17,22H,4-5,8-15H2,(H,20,23)/t17-/m1/s1. The summed E-state index contributed by atoms with van der Waals surface area (Å²) in [6.45, 7) is 2.86. The molecule has 0 bridgehead atoms. The third-order valence-electron chi connectivity index (χ3n) is 5.56. The van der Waals surface area contributed by atoms with Crippen LogP contribution >= 0.6 is 0 Å². The van der Waals surface area contributed by atoms with Crippen LogP contribution in [0, 0.1) is 5.41 Å². The zero-order chi connectivity index (χ0) is 16.1. The number of piperidine rings is 1. The van der Waals surface area contributed by atoms with E-state index in [1.165, 1.54) is 5.56 Å². The SMILES string of the molecule is O=C1NCCCC[C@H]1N1CCC(CO)(Cc2ccccc2)CC1. The van der Waals surface area contributed by atoms with Gasteiger partial charge in [-0.3, -0.25) is 9.69 Å². The number of carbonyl (C=O) groups excluding carboxylic acids is 1. The largest absolute Gasteiger partial charge is 0.396 e. The Morgan fingerprint density at radius 1 is 1.17 bits per heavy atom. The van der Waals surface area contributed by atoms with Gasteiger partial charge in [0.15, 0.2) is 0 Å². The summed E-state index contributed by atoms with van der Waals surface area (Å²) in [5.74, 6) is 0.196. The second kappa shape index (κ2) is 7.45. The van der Waals surface area contributed by atoms with Crippen molar-refractivity contribution < 1.29 is 9.90 Å². The Morgan fingerprint density at radius 2 is 1.91 bits per heavy atom. The van der Waals surface area contributed by atoms with E-state index in [9.17, 15) is 9.90 Å². The highest BCUT2D eigenvalue weighted by molar-refractivity contribution is 5.81. The number of benzene rings is 1. The minimum atomic E-state index is -0.0287. The number of likely N-dealkylation sites (tertiary alicyclic amines) is 1. The molecule has 3 rings (SSSR count). The first kappa shape index (κ1) is 16.5. The predicted molar refractivity (Wildman–Crippen MR) is 91.1 cm³/mol. The molecule has 2 saturated heterocycles. The van der Waals surface area contributed by atoms with Gasteiger partial charge in [0.25, 0.3) is 0 Å². The number of amides is 1. The van der Waals surface area contributed by atoms with E-state index >= 15 is 0 Å². The van der Waals surface area contributed by atoms with Crippen LogP contribution in [0.25, 0.3) is 0 Å². The second-order valence-corrected chi connectivity index (χ2v) is 7.16. The molecule has 1 aromatic carbocycles. The van der Waals surface area contributed by atoms with Crippen molar-refractivity contribution in [2.24, 2.45) is 5.41 Å². The predicted octanol–water partition coefficient (Wildman–Crippen LogP) is 1.97. The van der Waals surface area contributed by atoms with Crippen molar-refractivity contribution in [2.45, 2.75) is 44.6 Å². The van der Waals surface area contributed by atoms with Crippen molar-refractivity contribution in [2.75, 3.05) is 26.2 Å². The minimum absolute atomic E-state index is 0.0287. The topological polar surface area (TPSA) is 52.6 Å². The van der Waals surface area contributed by atoms with Gasteiger partial charge in [-0.25, -0.2) is 0 Å². The summed E-state index contributed by atoms with van der Waals surface area (Å²) in [7, 11) is 0. The summed E-state index contributed by atoms with van der Waals surface area (Å²) in [6, 6.07) is 10.5. The number of carbonyl (C=O) groups is 1. The number of rotatable bonds is 4. The zero-order valence-electron chi connectivity index (χ0n) is 13.8. The van der Waals surface area contributed by atoms with Crippen LogP contribution in [0.4, 0.5) is 0 Å². The Labute approximate surface area is 138 Å². The van der Waals surface area contributed by atoms with Gasteiger partial charge in [-0.1, -0.05) is 30.3 Å². The Kier molecular flexibility index (Phi) is 5.34. The first-order valence-electron chi connectivity index (χ1n) is 8.89. The van der Waals surface area contributed by atoms with Gasteiger partial charge in [-0.05, 0) is 62.6 Å². The van der Waals surface area contributed by atoms with Gasteiger partial charge < -0.3 is 10.4 Å². The maximum Gasteiger partial charge on any atom is 0.237 e. The molecule has 0 saturated carbocycles. The van der Waals surface area contributed by atoms with Gasteiger partial charge in [0, 0.05) is 13.2 Å². The molecule has 2 aliphatic rings. The lowest BCUT2D eigenvalue weighted by Gasteiger charge is -2.43. The quantitative estimate of drug-likeness (QED) is 0.893. The van der Waals surface area contributed by atoms with E-state index in [1.54, 1.807) is 0 Å². The molecule has 1 amide bonds. The fourth-order valence-electron chi connectivity index (χ4n) is 4.00. The normalized spacial score (nSPS) is 25.6. The van der Waals surface area contributed by atoms with Crippen molar-refractivity contribution in [1.29, 1.82) is 0 Å². The van der Waals surface area contributed by atoms with Crippen molar-refractivity contribution in [3.63, 3.8) is 0 Å². The molecule has 0 aliphatic carbocycles. The highest BCUT2D eigenvalue weighted by atomic mass is 16.3. The van der Waals surface area contributed by atoms with Crippen LogP contribution in [-0.4, -0.2) is 48.2 Å². The molecule has 0 unspecified atom stereocenters. The van der Waals surface area contributed by atoms with Crippen LogP contribution in [0.15, 0.2) is 30.3 Å². The molecule has 0 spiro atoms. The third kappa shape index (κ3) is 3.93. The lowest BCUT2D eigenvalue weighted by atomic mass is 9.74. The van der Waals surface area contributed by atoms with Crippen LogP contribution in [0.2, 0.25) is 0 Å². The molecule has 23 heavy (non-hydrogen) atoms. The van der Waals surface area contributed by atoms with E-state index in [1.807, 2.05) is 6.07 Å². The van der Waals surface area contributed by atoms with E-state index < -0.39 is 0 Å². The smallest absolute Gasteiger partial charge is 0.237 e. The van der Waals surface area contributed by atoms with Gasteiger partial charge in [-0.15, -0.1) is 0 Å². The van der Waals surface area contributed by atoms with Crippen molar-refractivity contribution in [3.8, 4) is 0 Å². The van der Waals surface area contributed by atoms with Gasteiger partial charge in [0.2, 0.25) is 5.91 Å². The minimum Gasteiger partial charge on any atom is -0.396 e. The van der Waals surface area contributed by atoms with E-state index in [4.69, 9.17) is 0 Å². The van der Waals surface area contributed by atoms with Gasteiger partial charge in [-0.2, -0.15) is 0 Å². The van der Waals surface area contributed by atoms with Crippen LogP contribution in [-0.2, 0) is 11.2 Å². The molecule has 2 aliphatic heterocycles. The van der Waals surface area contributed by atoms with Crippen molar-refractivity contribution in [3.05, 3.63) is 35.9 Å². The first-order chi connectivity index (χ1) is 11.2. The monoisotopic (exact) mass is 316 g/mol. The second-order valence-electron chi connectivity index (χ2n) is 7.16. The number of aliphatic hydroxyl groups excluding tert-OH is 1. The Balaban J connectivity index is 1.62. The van der Waals surface area contributed by atoms with Gasteiger partial charge in [0.1, 0.15) is 0 Å². The van der Waals surface area contributed by atoms with Crippen LogP contribution in [0.3, 0.4) is 0 Å². The molecule has 0 radical (unpaired) electrons. The molecular formula is C19H28N2O2. The van der Waals surface area contributed by atoms with E-state index in [2.05, 4.69) is 34.5 Å². The maximum absolute atomic E-state index is 12.2. The molecule has 4 heteroatoms. The van der Waals surface area contributed by atoms with E-state index in [0.717, 1.165) is 58.2 Å². The molecule has 2 fully saturated rings. The molecule has 4 nitrogen and oxygen atoms in total. The highest BCUT2D eigenvalue weighted by Crippen LogP contribution is 2.36. The molecule has 0 aromatic heterocycles.